The van der Waals surface area contributed by atoms with Gasteiger partial charge in [0.05, 0.1) is 0 Å². The van der Waals surface area contributed by atoms with Crippen LogP contribution in [0.3, 0.4) is 0 Å². The van der Waals surface area contributed by atoms with Crippen LogP contribution in [0.1, 0.15) is 5.56 Å². The SMILES string of the molecule is NCCOC#Cc1ccc(-c2ccccc2)cc1. The fourth-order valence-corrected chi connectivity index (χ4v) is 1.58. The van der Waals surface area contributed by atoms with E-state index in [0.29, 0.717) is 13.2 Å². The molecule has 2 N–H and O–H groups in total. The molecule has 18 heavy (non-hydrogen) atoms. The van der Waals surface area contributed by atoms with Crippen molar-refractivity contribution < 1.29 is 4.74 Å². The predicted molar refractivity (Wildman–Crippen MR) is 73.8 cm³/mol. The van der Waals surface area contributed by atoms with E-state index in [1.807, 2.05) is 30.3 Å². The normalized spacial score (nSPS) is 9.39. The Kier molecular flexibility index (Phi) is 4.40. The van der Waals surface area contributed by atoms with Gasteiger partial charge in [-0.3, -0.25) is 0 Å². The Morgan fingerprint density at radius 3 is 2.22 bits per heavy atom. The first-order valence-corrected chi connectivity index (χ1v) is 5.88. The van der Waals surface area contributed by atoms with E-state index >= 15 is 0 Å². The first-order chi connectivity index (χ1) is 8.90. The van der Waals surface area contributed by atoms with Gasteiger partial charge < -0.3 is 10.5 Å². The van der Waals surface area contributed by atoms with E-state index in [1.54, 1.807) is 0 Å². The van der Waals surface area contributed by atoms with Gasteiger partial charge in [-0.1, -0.05) is 42.5 Å². The molecule has 0 saturated carbocycles. The summed E-state index contributed by atoms with van der Waals surface area (Å²) in [5.74, 6) is 2.93. The van der Waals surface area contributed by atoms with Crippen LogP contribution in [-0.2, 0) is 4.74 Å². The van der Waals surface area contributed by atoms with Crippen LogP contribution in [0.25, 0.3) is 11.1 Å². The highest BCUT2D eigenvalue weighted by Crippen LogP contribution is 2.18. The molecule has 0 unspecified atom stereocenters. The maximum absolute atomic E-state index is 5.30. The number of hydrogen-bond acceptors (Lipinski definition) is 2. The van der Waals surface area contributed by atoms with Crippen molar-refractivity contribution >= 4 is 0 Å². The van der Waals surface area contributed by atoms with Gasteiger partial charge >= 0.3 is 0 Å². The lowest BCUT2D eigenvalue weighted by atomic mass is 10.0. The van der Waals surface area contributed by atoms with Gasteiger partial charge in [0, 0.05) is 12.1 Å². The number of rotatable bonds is 3. The summed E-state index contributed by atoms with van der Waals surface area (Å²) in [4.78, 5) is 0. The zero-order valence-electron chi connectivity index (χ0n) is 10.1. The zero-order chi connectivity index (χ0) is 12.6. The number of nitrogens with two attached hydrogens (primary N) is 1. The standard InChI is InChI=1S/C16H15NO/c17-11-13-18-12-10-14-6-8-16(9-7-14)15-4-2-1-3-5-15/h1-9H,11,13,17H2. The van der Waals surface area contributed by atoms with Crippen LogP contribution in [0, 0.1) is 12.0 Å². The quantitative estimate of drug-likeness (QED) is 0.658. The molecule has 2 aromatic carbocycles. The van der Waals surface area contributed by atoms with Crippen molar-refractivity contribution in [2.45, 2.75) is 0 Å². The van der Waals surface area contributed by atoms with Crippen molar-refractivity contribution in [1.29, 1.82) is 0 Å². The van der Waals surface area contributed by atoms with E-state index in [1.165, 1.54) is 11.1 Å². The average molecular weight is 237 g/mol. The first-order valence-electron chi connectivity index (χ1n) is 5.88. The van der Waals surface area contributed by atoms with E-state index < -0.39 is 0 Å². The molecule has 2 aromatic rings. The first kappa shape index (κ1) is 12.2. The molecular weight excluding hydrogens is 222 g/mol. The molecule has 0 aliphatic rings. The third-order valence-electron chi connectivity index (χ3n) is 2.48. The Morgan fingerprint density at radius 1 is 0.889 bits per heavy atom. The summed E-state index contributed by atoms with van der Waals surface area (Å²) in [6.45, 7) is 0.955. The van der Waals surface area contributed by atoms with Crippen molar-refractivity contribution in [3.05, 3.63) is 60.2 Å². The van der Waals surface area contributed by atoms with Crippen LogP contribution < -0.4 is 5.73 Å². The lowest BCUT2D eigenvalue weighted by molar-refractivity contribution is 0.288. The molecule has 90 valence electrons. The lowest BCUT2D eigenvalue weighted by Gasteiger charge is -2.00. The molecule has 2 nitrogen and oxygen atoms in total. The third kappa shape index (κ3) is 3.38. The van der Waals surface area contributed by atoms with Crippen LogP contribution in [0.2, 0.25) is 0 Å². The van der Waals surface area contributed by atoms with E-state index in [0.717, 1.165) is 5.56 Å². The van der Waals surface area contributed by atoms with E-state index in [2.05, 4.69) is 36.3 Å². The number of hydrogen-bond donors (Lipinski definition) is 1. The minimum Gasteiger partial charge on any atom is -0.445 e. The monoisotopic (exact) mass is 237 g/mol. The molecule has 0 spiro atoms. The molecule has 0 bridgehead atoms. The van der Waals surface area contributed by atoms with Gasteiger partial charge in [0.1, 0.15) is 12.7 Å². The zero-order valence-corrected chi connectivity index (χ0v) is 10.1. The molecule has 2 rings (SSSR count). The van der Waals surface area contributed by atoms with Gasteiger partial charge in [-0.25, -0.2) is 0 Å². The molecule has 0 heterocycles. The van der Waals surface area contributed by atoms with Crippen LogP contribution in [0.4, 0.5) is 0 Å². The molecular formula is C16H15NO. The summed E-state index contributed by atoms with van der Waals surface area (Å²) >= 11 is 0. The highest BCUT2D eigenvalue weighted by atomic mass is 16.5. The van der Waals surface area contributed by atoms with Gasteiger partial charge in [0.25, 0.3) is 0 Å². The fraction of sp³-hybridized carbons (Fsp3) is 0.125. The van der Waals surface area contributed by atoms with E-state index in [4.69, 9.17) is 10.5 Å². The van der Waals surface area contributed by atoms with E-state index in [-0.39, 0.29) is 0 Å². The summed E-state index contributed by atoms with van der Waals surface area (Å²) in [5.41, 5.74) is 8.63. The Morgan fingerprint density at radius 2 is 1.56 bits per heavy atom. The maximum Gasteiger partial charge on any atom is 0.115 e. The predicted octanol–water partition coefficient (Wildman–Crippen LogP) is 2.64. The van der Waals surface area contributed by atoms with Crippen LogP contribution >= 0.6 is 0 Å². The molecule has 0 amide bonds. The topological polar surface area (TPSA) is 35.2 Å². The Labute approximate surface area is 107 Å². The Hall–Kier alpha value is -2.24. The smallest absolute Gasteiger partial charge is 0.115 e. The maximum atomic E-state index is 5.30. The van der Waals surface area contributed by atoms with Crippen LogP contribution in [0.15, 0.2) is 54.6 Å². The lowest BCUT2D eigenvalue weighted by Crippen LogP contribution is -2.05. The molecule has 0 saturated heterocycles. The summed E-state index contributed by atoms with van der Waals surface area (Å²) in [7, 11) is 0. The van der Waals surface area contributed by atoms with Crippen molar-refractivity contribution in [1.82, 2.24) is 0 Å². The van der Waals surface area contributed by atoms with Crippen LogP contribution in [-0.4, -0.2) is 13.2 Å². The van der Waals surface area contributed by atoms with Crippen molar-refractivity contribution in [3.63, 3.8) is 0 Å². The van der Waals surface area contributed by atoms with Gasteiger partial charge in [-0.2, -0.15) is 0 Å². The second kappa shape index (κ2) is 6.48. The van der Waals surface area contributed by atoms with Gasteiger partial charge in [0.15, 0.2) is 0 Å². The highest BCUT2D eigenvalue weighted by molar-refractivity contribution is 5.64. The largest absolute Gasteiger partial charge is 0.445 e. The third-order valence-corrected chi connectivity index (χ3v) is 2.48. The summed E-state index contributed by atoms with van der Waals surface area (Å²) in [5, 5.41) is 0. The average Bonchev–Trinajstić information content (AvgIpc) is 2.45. The molecule has 0 atom stereocenters. The fourth-order valence-electron chi connectivity index (χ4n) is 1.58. The van der Waals surface area contributed by atoms with Gasteiger partial charge in [-0.05, 0) is 29.2 Å². The summed E-state index contributed by atoms with van der Waals surface area (Å²) in [6.07, 6.45) is 2.63. The van der Waals surface area contributed by atoms with Gasteiger partial charge in [-0.15, -0.1) is 0 Å². The van der Waals surface area contributed by atoms with Crippen molar-refractivity contribution in [2.75, 3.05) is 13.2 Å². The van der Waals surface area contributed by atoms with Crippen molar-refractivity contribution in [3.8, 4) is 23.2 Å². The van der Waals surface area contributed by atoms with Crippen LogP contribution in [0.5, 0.6) is 0 Å². The second-order valence-electron chi connectivity index (χ2n) is 3.81. The second-order valence-corrected chi connectivity index (χ2v) is 3.81. The summed E-state index contributed by atoms with van der Waals surface area (Å²) < 4.78 is 5.02. The molecule has 0 aliphatic heterocycles. The minimum atomic E-state index is 0.467. The Bertz CT molecular complexity index is 535. The summed E-state index contributed by atoms with van der Waals surface area (Å²) in [6, 6.07) is 18.3. The molecule has 0 aliphatic carbocycles. The molecule has 0 aromatic heterocycles. The molecule has 2 heteroatoms. The molecule has 0 fully saturated rings. The highest BCUT2D eigenvalue weighted by Gasteiger charge is 1.95. The number of ether oxygens (including phenoxy) is 1. The van der Waals surface area contributed by atoms with Gasteiger partial charge in [0.2, 0.25) is 0 Å². The number of benzene rings is 2. The van der Waals surface area contributed by atoms with E-state index in [9.17, 15) is 0 Å². The molecule has 0 radical (unpaired) electrons. The van der Waals surface area contributed by atoms with Crippen molar-refractivity contribution in [2.24, 2.45) is 5.73 Å². The minimum absolute atomic E-state index is 0.467. The Balaban J connectivity index is 2.08.